The third-order valence-electron chi connectivity index (χ3n) is 3.08. The van der Waals surface area contributed by atoms with Gasteiger partial charge in [0.1, 0.15) is 5.82 Å². The Balaban J connectivity index is 2.62. The second kappa shape index (κ2) is 4.05. The zero-order chi connectivity index (χ0) is 10.8. The van der Waals surface area contributed by atoms with Crippen LogP contribution in [0.4, 0.5) is 0 Å². The molecule has 0 amide bonds. The fourth-order valence-electron chi connectivity index (χ4n) is 2.28. The van der Waals surface area contributed by atoms with Crippen LogP contribution in [0.15, 0.2) is 24.3 Å². The van der Waals surface area contributed by atoms with Crippen LogP contribution in [0.25, 0.3) is 11.0 Å². The number of imidazole rings is 1. The summed E-state index contributed by atoms with van der Waals surface area (Å²) in [5.41, 5.74) is 2.38. The molecule has 0 N–H and O–H groups in total. The molecule has 15 heavy (non-hydrogen) atoms. The first-order valence-corrected chi connectivity index (χ1v) is 5.71. The second-order valence-electron chi connectivity index (χ2n) is 3.99. The van der Waals surface area contributed by atoms with E-state index in [4.69, 9.17) is 0 Å². The van der Waals surface area contributed by atoms with Crippen LogP contribution in [0, 0.1) is 6.92 Å². The molecule has 1 heterocycles. The van der Waals surface area contributed by atoms with Gasteiger partial charge in [0.05, 0.1) is 11.0 Å². The molecule has 2 rings (SSSR count). The van der Waals surface area contributed by atoms with Crippen LogP contribution in [0.2, 0.25) is 0 Å². The molecule has 1 aromatic heterocycles. The van der Waals surface area contributed by atoms with Gasteiger partial charge in [0, 0.05) is 6.04 Å². The molecule has 0 spiro atoms. The standard InChI is InChI=1S/C13H18N2/c1-4-11(5-2)15-10(3)14-12-8-6-7-9-13(12)15/h6-9,11H,4-5H2,1-3H3. The Morgan fingerprint density at radius 2 is 1.87 bits per heavy atom. The zero-order valence-corrected chi connectivity index (χ0v) is 9.70. The molecule has 2 heteroatoms. The highest BCUT2D eigenvalue weighted by Crippen LogP contribution is 2.24. The molecule has 1 aromatic carbocycles. The fraction of sp³-hybridized carbons (Fsp3) is 0.462. The van der Waals surface area contributed by atoms with Crippen molar-refractivity contribution < 1.29 is 0 Å². The number of fused-ring (bicyclic) bond motifs is 1. The normalized spacial score (nSPS) is 11.5. The monoisotopic (exact) mass is 202 g/mol. The van der Waals surface area contributed by atoms with Gasteiger partial charge in [-0.1, -0.05) is 26.0 Å². The quantitative estimate of drug-likeness (QED) is 0.742. The van der Waals surface area contributed by atoms with Crippen molar-refractivity contribution in [2.24, 2.45) is 0 Å². The topological polar surface area (TPSA) is 17.8 Å². The summed E-state index contributed by atoms with van der Waals surface area (Å²) in [6, 6.07) is 8.96. The van der Waals surface area contributed by atoms with Crippen LogP contribution in [-0.2, 0) is 0 Å². The summed E-state index contributed by atoms with van der Waals surface area (Å²) in [5, 5.41) is 0. The third-order valence-corrected chi connectivity index (χ3v) is 3.08. The van der Waals surface area contributed by atoms with Gasteiger partial charge < -0.3 is 4.57 Å². The predicted molar refractivity (Wildman–Crippen MR) is 64.1 cm³/mol. The lowest BCUT2D eigenvalue weighted by Crippen LogP contribution is -2.08. The van der Waals surface area contributed by atoms with E-state index in [1.54, 1.807) is 0 Å². The highest BCUT2D eigenvalue weighted by molar-refractivity contribution is 5.76. The van der Waals surface area contributed by atoms with E-state index in [1.165, 1.54) is 5.52 Å². The molecule has 0 aliphatic carbocycles. The molecule has 2 nitrogen and oxygen atoms in total. The van der Waals surface area contributed by atoms with Gasteiger partial charge in [0.2, 0.25) is 0 Å². The van der Waals surface area contributed by atoms with Gasteiger partial charge >= 0.3 is 0 Å². The smallest absolute Gasteiger partial charge is 0.106 e. The number of hydrogen-bond donors (Lipinski definition) is 0. The minimum absolute atomic E-state index is 0.581. The number of aromatic nitrogens is 2. The first-order valence-electron chi connectivity index (χ1n) is 5.71. The van der Waals surface area contributed by atoms with Crippen LogP contribution < -0.4 is 0 Å². The second-order valence-corrected chi connectivity index (χ2v) is 3.99. The number of benzene rings is 1. The average Bonchev–Trinajstić information content (AvgIpc) is 2.58. The lowest BCUT2D eigenvalue weighted by Gasteiger charge is -2.17. The van der Waals surface area contributed by atoms with E-state index in [1.807, 2.05) is 6.07 Å². The van der Waals surface area contributed by atoms with Crippen LogP contribution >= 0.6 is 0 Å². The molecule has 0 unspecified atom stereocenters. The van der Waals surface area contributed by atoms with Crippen molar-refractivity contribution in [1.82, 2.24) is 9.55 Å². The maximum absolute atomic E-state index is 4.59. The van der Waals surface area contributed by atoms with Gasteiger partial charge in [-0.25, -0.2) is 4.98 Å². The molecular formula is C13H18N2. The van der Waals surface area contributed by atoms with Crippen LogP contribution in [0.3, 0.4) is 0 Å². The number of rotatable bonds is 3. The Morgan fingerprint density at radius 1 is 1.20 bits per heavy atom. The maximum atomic E-state index is 4.59. The van der Waals surface area contributed by atoms with Crippen LogP contribution in [0.1, 0.15) is 38.6 Å². The highest BCUT2D eigenvalue weighted by Gasteiger charge is 2.13. The van der Waals surface area contributed by atoms with Crippen molar-refractivity contribution in [2.45, 2.75) is 39.7 Å². The largest absolute Gasteiger partial charge is 0.325 e. The summed E-state index contributed by atoms with van der Waals surface area (Å²) in [4.78, 5) is 4.59. The molecule has 0 aliphatic rings. The van der Waals surface area contributed by atoms with Gasteiger partial charge in [0.15, 0.2) is 0 Å². The molecule has 0 saturated heterocycles. The number of aryl methyl sites for hydroxylation is 1. The number of hydrogen-bond acceptors (Lipinski definition) is 1. The Hall–Kier alpha value is -1.31. The van der Waals surface area contributed by atoms with Crippen LogP contribution in [-0.4, -0.2) is 9.55 Å². The molecule has 0 saturated carbocycles. The lowest BCUT2D eigenvalue weighted by atomic mass is 10.1. The van der Waals surface area contributed by atoms with Gasteiger partial charge in [-0.3, -0.25) is 0 Å². The molecule has 0 bridgehead atoms. The van der Waals surface area contributed by atoms with Crippen LogP contribution in [0.5, 0.6) is 0 Å². The molecular weight excluding hydrogens is 184 g/mol. The van der Waals surface area contributed by atoms with Gasteiger partial charge in [0.25, 0.3) is 0 Å². The van der Waals surface area contributed by atoms with E-state index >= 15 is 0 Å². The van der Waals surface area contributed by atoms with Crippen molar-refractivity contribution >= 4 is 11.0 Å². The van der Waals surface area contributed by atoms with Crippen molar-refractivity contribution in [1.29, 1.82) is 0 Å². The molecule has 0 atom stereocenters. The minimum atomic E-state index is 0.581. The SMILES string of the molecule is CCC(CC)n1c(C)nc2ccccc21. The summed E-state index contributed by atoms with van der Waals surface area (Å²) < 4.78 is 2.37. The van der Waals surface area contributed by atoms with Crippen molar-refractivity contribution in [3.05, 3.63) is 30.1 Å². The van der Waals surface area contributed by atoms with E-state index < -0.39 is 0 Å². The first kappa shape index (κ1) is 10.2. The molecule has 80 valence electrons. The molecule has 0 radical (unpaired) electrons. The molecule has 0 aliphatic heterocycles. The zero-order valence-electron chi connectivity index (χ0n) is 9.70. The van der Waals surface area contributed by atoms with Crippen molar-refractivity contribution in [3.63, 3.8) is 0 Å². The fourth-order valence-corrected chi connectivity index (χ4v) is 2.28. The highest BCUT2D eigenvalue weighted by atomic mass is 15.1. The predicted octanol–water partition coefficient (Wildman–Crippen LogP) is 3.71. The third kappa shape index (κ3) is 1.65. The van der Waals surface area contributed by atoms with E-state index in [9.17, 15) is 0 Å². The van der Waals surface area contributed by atoms with E-state index in [2.05, 4.69) is 48.5 Å². The Kier molecular flexibility index (Phi) is 2.76. The average molecular weight is 202 g/mol. The minimum Gasteiger partial charge on any atom is -0.325 e. The Bertz CT molecular complexity index is 453. The Morgan fingerprint density at radius 3 is 2.53 bits per heavy atom. The van der Waals surface area contributed by atoms with Gasteiger partial charge in [-0.05, 0) is 31.9 Å². The summed E-state index contributed by atoms with van der Waals surface area (Å²) in [7, 11) is 0. The number of para-hydroxylation sites is 2. The summed E-state index contributed by atoms with van der Waals surface area (Å²) >= 11 is 0. The van der Waals surface area contributed by atoms with E-state index in [-0.39, 0.29) is 0 Å². The molecule has 2 aromatic rings. The molecule has 0 fully saturated rings. The summed E-state index contributed by atoms with van der Waals surface area (Å²) in [5.74, 6) is 1.13. The first-order chi connectivity index (χ1) is 7.27. The van der Waals surface area contributed by atoms with E-state index in [0.29, 0.717) is 6.04 Å². The summed E-state index contributed by atoms with van der Waals surface area (Å²) in [6.45, 7) is 6.57. The maximum Gasteiger partial charge on any atom is 0.106 e. The van der Waals surface area contributed by atoms with Crippen molar-refractivity contribution in [2.75, 3.05) is 0 Å². The van der Waals surface area contributed by atoms with Gasteiger partial charge in [-0.2, -0.15) is 0 Å². The number of nitrogens with zero attached hydrogens (tertiary/aromatic N) is 2. The Labute approximate surface area is 90.9 Å². The van der Waals surface area contributed by atoms with Crippen molar-refractivity contribution in [3.8, 4) is 0 Å². The van der Waals surface area contributed by atoms with E-state index in [0.717, 1.165) is 24.2 Å². The lowest BCUT2D eigenvalue weighted by molar-refractivity contribution is 0.473. The summed E-state index contributed by atoms with van der Waals surface area (Å²) in [6.07, 6.45) is 2.33. The van der Waals surface area contributed by atoms with Gasteiger partial charge in [-0.15, -0.1) is 0 Å².